The van der Waals surface area contributed by atoms with E-state index in [1.54, 1.807) is 18.0 Å². The van der Waals surface area contributed by atoms with Gasteiger partial charge in [-0.3, -0.25) is 9.59 Å². The predicted molar refractivity (Wildman–Crippen MR) is 165 cm³/mol. The molecule has 0 saturated carbocycles. The molecule has 0 radical (unpaired) electrons. The molecule has 6 rings (SSSR count). The third kappa shape index (κ3) is 6.46. The fraction of sp³-hybridized carbons (Fsp3) is 0.438. The van der Waals surface area contributed by atoms with Crippen LogP contribution in [0, 0.1) is 0 Å². The third-order valence-corrected chi connectivity index (χ3v) is 8.74. The van der Waals surface area contributed by atoms with Crippen LogP contribution in [0.25, 0.3) is 11.3 Å². The minimum atomic E-state index is -0.647. The molecule has 2 atom stereocenters. The van der Waals surface area contributed by atoms with Gasteiger partial charge in [-0.2, -0.15) is 0 Å². The fourth-order valence-corrected chi connectivity index (χ4v) is 6.02. The Kier molecular flexibility index (Phi) is 8.78. The first-order valence-electron chi connectivity index (χ1n) is 14.9. The summed E-state index contributed by atoms with van der Waals surface area (Å²) in [6, 6.07) is 13.2. The van der Waals surface area contributed by atoms with Gasteiger partial charge in [0.15, 0.2) is 0 Å². The van der Waals surface area contributed by atoms with Crippen LogP contribution in [-0.4, -0.2) is 78.3 Å². The SMILES string of the molecule is CC(NC(=O)[C@@H](C)N1Cc2ccc(-c3nc(NC4CCOCC4)ncc3Cl)cc2C1=O)c1cccc(N2CCOCC2)c1. The maximum atomic E-state index is 13.6. The molecule has 43 heavy (non-hydrogen) atoms. The normalized spacial score (nSPS) is 18.7. The summed E-state index contributed by atoms with van der Waals surface area (Å²) in [6.07, 6.45) is 3.35. The first-order valence-corrected chi connectivity index (χ1v) is 15.3. The van der Waals surface area contributed by atoms with E-state index in [4.69, 9.17) is 21.1 Å². The molecule has 2 amide bonds. The van der Waals surface area contributed by atoms with Crippen molar-refractivity contribution in [2.75, 3.05) is 49.7 Å². The maximum absolute atomic E-state index is 13.6. The van der Waals surface area contributed by atoms with Gasteiger partial charge < -0.3 is 29.9 Å². The summed E-state index contributed by atoms with van der Waals surface area (Å²) in [6.45, 7) is 8.62. The Bertz CT molecular complexity index is 1490. The Morgan fingerprint density at radius 3 is 2.60 bits per heavy atom. The van der Waals surface area contributed by atoms with Crippen LogP contribution in [0.1, 0.15) is 54.2 Å². The van der Waals surface area contributed by atoms with Crippen molar-refractivity contribution < 1.29 is 19.1 Å². The maximum Gasteiger partial charge on any atom is 0.255 e. The van der Waals surface area contributed by atoms with Gasteiger partial charge in [0.25, 0.3) is 5.91 Å². The number of fused-ring (bicyclic) bond motifs is 1. The monoisotopic (exact) mass is 604 g/mol. The first-order chi connectivity index (χ1) is 20.9. The minimum absolute atomic E-state index is 0.188. The lowest BCUT2D eigenvalue weighted by molar-refractivity contribution is -0.125. The number of carbonyl (C=O) groups excluding carboxylic acids is 2. The van der Waals surface area contributed by atoms with E-state index in [1.807, 2.05) is 37.3 Å². The highest BCUT2D eigenvalue weighted by molar-refractivity contribution is 6.33. The highest BCUT2D eigenvalue weighted by atomic mass is 35.5. The van der Waals surface area contributed by atoms with Gasteiger partial charge in [0.1, 0.15) is 6.04 Å². The largest absolute Gasteiger partial charge is 0.381 e. The average Bonchev–Trinajstić information content (AvgIpc) is 3.37. The number of morpholine rings is 1. The van der Waals surface area contributed by atoms with E-state index >= 15 is 0 Å². The van der Waals surface area contributed by atoms with Crippen molar-refractivity contribution >= 4 is 35.1 Å². The van der Waals surface area contributed by atoms with Crippen LogP contribution in [-0.2, 0) is 20.8 Å². The summed E-state index contributed by atoms with van der Waals surface area (Å²) in [4.78, 5) is 39.8. The van der Waals surface area contributed by atoms with Crippen LogP contribution in [0.5, 0.6) is 0 Å². The van der Waals surface area contributed by atoms with Gasteiger partial charge in [0, 0.05) is 55.7 Å². The van der Waals surface area contributed by atoms with Crippen LogP contribution in [0.4, 0.5) is 11.6 Å². The number of nitrogens with one attached hydrogen (secondary N) is 2. The molecule has 2 N–H and O–H groups in total. The Balaban J connectivity index is 1.13. The van der Waals surface area contributed by atoms with Crippen LogP contribution in [0.3, 0.4) is 0 Å². The van der Waals surface area contributed by atoms with Gasteiger partial charge in [-0.1, -0.05) is 35.9 Å². The zero-order valence-corrected chi connectivity index (χ0v) is 25.3. The molecule has 4 heterocycles. The number of aromatic nitrogens is 2. The lowest BCUT2D eigenvalue weighted by Gasteiger charge is -2.30. The summed E-state index contributed by atoms with van der Waals surface area (Å²) < 4.78 is 10.9. The Morgan fingerprint density at radius 1 is 1.05 bits per heavy atom. The summed E-state index contributed by atoms with van der Waals surface area (Å²) in [5.41, 5.74) is 4.83. The van der Waals surface area contributed by atoms with E-state index in [0.717, 1.165) is 48.3 Å². The summed E-state index contributed by atoms with van der Waals surface area (Å²) >= 11 is 6.51. The summed E-state index contributed by atoms with van der Waals surface area (Å²) in [5, 5.41) is 6.88. The fourth-order valence-electron chi connectivity index (χ4n) is 5.82. The Morgan fingerprint density at radius 2 is 1.81 bits per heavy atom. The van der Waals surface area contributed by atoms with E-state index in [0.29, 0.717) is 55.2 Å². The van der Waals surface area contributed by atoms with Gasteiger partial charge in [0.2, 0.25) is 11.9 Å². The number of hydrogen-bond donors (Lipinski definition) is 2. The first kappa shape index (κ1) is 29.3. The number of nitrogens with zero attached hydrogens (tertiary/aromatic N) is 4. The Hall–Kier alpha value is -3.73. The minimum Gasteiger partial charge on any atom is -0.381 e. The molecule has 3 aromatic rings. The second-order valence-corrected chi connectivity index (χ2v) is 11.7. The average molecular weight is 605 g/mol. The molecule has 0 bridgehead atoms. The molecule has 3 aliphatic heterocycles. The molecule has 2 aromatic carbocycles. The second kappa shape index (κ2) is 12.9. The number of benzene rings is 2. The van der Waals surface area contributed by atoms with Gasteiger partial charge in [-0.15, -0.1) is 0 Å². The van der Waals surface area contributed by atoms with Gasteiger partial charge in [-0.05, 0) is 56.0 Å². The van der Waals surface area contributed by atoms with Crippen molar-refractivity contribution in [3.05, 3.63) is 70.4 Å². The van der Waals surface area contributed by atoms with E-state index in [9.17, 15) is 9.59 Å². The molecule has 11 heteroatoms. The molecule has 1 aromatic heterocycles. The van der Waals surface area contributed by atoms with Crippen LogP contribution < -0.4 is 15.5 Å². The lowest BCUT2D eigenvalue weighted by atomic mass is 10.0. The standard InChI is InChI=1S/C32H37ClN6O4/c1-20(22-4-3-5-26(16-22)38-10-14-43-15-11-38)35-30(40)21(2)39-19-24-7-6-23(17-27(24)31(39)41)29-28(33)18-34-32(37-29)36-25-8-12-42-13-9-25/h3-7,16-18,20-21,25H,8-15,19H2,1-2H3,(H,35,40)(H,34,36,37)/t20?,21-/m1/s1. The molecular weight excluding hydrogens is 568 g/mol. The molecule has 1 unspecified atom stereocenters. The highest BCUT2D eigenvalue weighted by Crippen LogP contribution is 2.33. The number of hydrogen-bond acceptors (Lipinski definition) is 8. The molecule has 0 spiro atoms. The quantitative estimate of drug-likeness (QED) is 0.388. The lowest BCUT2D eigenvalue weighted by Crippen LogP contribution is -2.45. The smallest absolute Gasteiger partial charge is 0.255 e. The highest BCUT2D eigenvalue weighted by Gasteiger charge is 2.35. The number of amides is 2. The topological polar surface area (TPSA) is 109 Å². The van der Waals surface area contributed by atoms with Crippen molar-refractivity contribution in [1.82, 2.24) is 20.2 Å². The van der Waals surface area contributed by atoms with E-state index in [2.05, 4.69) is 37.6 Å². The zero-order chi connectivity index (χ0) is 29.9. The zero-order valence-electron chi connectivity index (χ0n) is 24.5. The molecule has 3 aliphatic rings. The van der Waals surface area contributed by atoms with Gasteiger partial charge in [-0.25, -0.2) is 9.97 Å². The molecule has 0 aliphatic carbocycles. The Labute approximate surface area is 256 Å². The van der Waals surface area contributed by atoms with Crippen molar-refractivity contribution in [2.24, 2.45) is 0 Å². The molecule has 226 valence electrons. The van der Waals surface area contributed by atoms with Crippen LogP contribution in [0.2, 0.25) is 5.02 Å². The molecular formula is C32H37ClN6O4. The summed E-state index contributed by atoms with van der Waals surface area (Å²) in [5.74, 6) is 0.107. The number of halogens is 1. The second-order valence-electron chi connectivity index (χ2n) is 11.3. The number of rotatable bonds is 8. The number of carbonyl (C=O) groups is 2. The predicted octanol–water partition coefficient (Wildman–Crippen LogP) is 4.45. The van der Waals surface area contributed by atoms with Crippen molar-refractivity contribution in [2.45, 2.75) is 51.4 Å². The molecule has 2 saturated heterocycles. The number of anilines is 2. The molecule has 2 fully saturated rings. The van der Waals surface area contributed by atoms with E-state index < -0.39 is 6.04 Å². The van der Waals surface area contributed by atoms with Crippen LogP contribution in [0.15, 0.2) is 48.7 Å². The number of ether oxygens (including phenoxy) is 2. The molecule has 10 nitrogen and oxygen atoms in total. The van der Waals surface area contributed by atoms with E-state index in [1.165, 1.54) is 0 Å². The van der Waals surface area contributed by atoms with Crippen molar-refractivity contribution in [3.63, 3.8) is 0 Å². The third-order valence-electron chi connectivity index (χ3n) is 8.47. The van der Waals surface area contributed by atoms with E-state index in [-0.39, 0.29) is 23.9 Å². The summed E-state index contributed by atoms with van der Waals surface area (Å²) in [7, 11) is 0. The van der Waals surface area contributed by atoms with Crippen LogP contribution >= 0.6 is 11.6 Å². The van der Waals surface area contributed by atoms with Crippen molar-refractivity contribution in [3.8, 4) is 11.3 Å². The van der Waals surface area contributed by atoms with Gasteiger partial charge >= 0.3 is 0 Å². The van der Waals surface area contributed by atoms with Crippen molar-refractivity contribution in [1.29, 1.82) is 0 Å². The van der Waals surface area contributed by atoms with Gasteiger partial charge in [0.05, 0.1) is 36.2 Å².